The van der Waals surface area contributed by atoms with E-state index in [9.17, 15) is 0 Å². The molecule has 1 aliphatic carbocycles. The van der Waals surface area contributed by atoms with E-state index in [-0.39, 0.29) is 11.6 Å². The third kappa shape index (κ3) is 1.89. The van der Waals surface area contributed by atoms with Crippen LogP contribution in [0.15, 0.2) is 4.52 Å². The molecular formula is C10H17N3O2. The van der Waals surface area contributed by atoms with E-state index in [1.165, 1.54) is 0 Å². The molecule has 0 bridgehead atoms. The van der Waals surface area contributed by atoms with E-state index in [1.807, 2.05) is 6.92 Å². The average molecular weight is 211 g/mol. The summed E-state index contributed by atoms with van der Waals surface area (Å²) in [6.07, 6.45) is 3.98. The Morgan fingerprint density at radius 3 is 2.73 bits per heavy atom. The van der Waals surface area contributed by atoms with Gasteiger partial charge in [0, 0.05) is 7.11 Å². The standard InChI is InChI=1S/C10H17N3O2/c1-7(14-2)8-12-9(13-15-8)10(11)5-3-4-6-10/h7H,3-6,11H2,1-2H3. The van der Waals surface area contributed by atoms with Gasteiger partial charge in [0.05, 0.1) is 5.54 Å². The second kappa shape index (κ2) is 3.90. The Labute approximate surface area is 89.0 Å². The lowest BCUT2D eigenvalue weighted by Gasteiger charge is -2.17. The molecule has 0 spiro atoms. The molecule has 84 valence electrons. The van der Waals surface area contributed by atoms with Gasteiger partial charge in [0.25, 0.3) is 5.89 Å². The highest BCUT2D eigenvalue weighted by atomic mass is 16.5. The average Bonchev–Trinajstić information content (AvgIpc) is 2.85. The summed E-state index contributed by atoms with van der Waals surface area (Å²) in [6.45, 7) is 1.87. The maximum Gasteiger partial charge on any atom is 0.255 e. The zero-order chi connectivity index (χ0) is 10.9. The number of methoxy groups -OCH3 is 1. The summed E-state index contributed by atoms with van der Waals surface area (Å²) >= 11 is 0. The van der Waals surface area contributed by atoms with E-state index >= 15 is 0 Å². The van der Waals surface area contributed by atoms with Crippen molar-refractivity contribution in [3.8, 4) is 0 Å². The SMILES string of the molecule is COC(C)c1nc(C2(N)CCCC2)no1. The van der Waals surface area contributed by atoms with Gasteiger partial charge in [-0.15, -0.1) is 0 Å². The fourth-order valence-electron chi connectivity index (χ4n) is 1.93. The largest absolute Gasteiger partial charge is 0.372 e. The summed E-state index contributed by atoms with van der Waals surface area (Å²) in [5, 5.41) is 3.95. The first-order valence-corrected chi connectivity index (χ1v) is 5.31. The quantitative estimate of drug-likeness (QED) is 0.820. The number of nitrogens with two attached hydrogens (primary N) is 1. The molecule has 2 N–H and O–H groups in total. The van der Waals surface area contributed by atoms with Gasteiger partial charge in [-0.05, 0) is 19.8 Å². The summed E-state index contributed by atoms with van der Waals surface area (Å²) in [5.74, 6) is 1.13. The fourth-order valence-corrected chi connectivity index (χ4v) is 1.93. The monoisotopic (exact) mass is 211 g/mol. The topological polar surface area (TPSA) is 74.2 Å². The Bertz CT molecular complexity index is 331. The minimum absolute atomic E-state index is 0.170. The van der Waals surface area contributed by atoms with Gasteiger partial charge in [0.1, 0.15) is 6.10 Å². The van der Waals surface area contributed by atoms with Crippen molar-refractivity contribution < 1.29 is 9.26 Å². The Hall–Kier alpha value is -0.940. The molecule has 1 heterocycles. The summed E-state index contributed by atoms with van der Waals surface area (Å²) in [7, 11) is 1.61. The highest BCUT2D eigenvalue weighted by Gasteiger charge is 2.36. The van der Waals surface area contributed by atoms with Crippen LogP contribution in [0.3, 0.4) is 0 Å². The third-order valence-electron chi connectivity index (χ3n) is 3.08. The number of hydrogen-bond donors (Lipinski definition) is 1. The van der Waals surface area contributed by atoms with Crippen LogP contribution in [0.1, 0.15) is 50.4 Å². The second-order valence-electron chi connectivity index (χ2n) is 4.20. The molecule has 5 nitrogen and oxygen atoms in total. The lowest BCUT2D eigenvalue weighted by Crippen LogP contribution is -2.34. The maximum atomic E-state index is 6.21. The molecule has 1 saturated carbocycles. The molecule has 0 aliphatic heterocycles. The van der Waals surface area contributed by atoms with E-state index in [4.69, 9.17) is 15.0 Å². The first-order valence-electron chi connectivity index (χ1n) is 5.31. The molecule has 0 radical (unpaired) electrons. The number of ether oxygens (including phenoxy) is 1. The number of aromatic nitrogens is 2. The maximum absolute atomic E-state index is 6.21. The summed E-state index contributed by atoms with van der Waals surface area (Å²) < 4.78 is 10.2. The fraction of sp³-hybridized carbons (Fsp3) is 0.800. The lowest BCUT2D eigenvalue weighted by molar-refractivity contribution is 0.0886. The third-order valence-corrected chi connectivity index (χ3v) is 3.08. The highest BCUT2D eigenvalue weighted by Crippen LogP contribution is 2.34. The summed E-state index contributed by atoms with van der Waals surface area (Å²) in [6, 6.07) is 0. The van der Waals surface area contributed by atoms with Gasteiger partial charge in [-0.3, -0.25) is 0 Å². The van der Waals surface area contributed by atoms with Gasteiger partial charge < -0.3 is 15.0 Å². The number of rotatable bonds is 3. The van der Waals surface area contributed by atoms with Crippen molar-refractivity contribution in [2.24, 2.45) is 5.73 Å². The Morgan fingerprint density at radius 1 is 1.47 bits per heavy atom. The number of nitrogens with zero attached hydrogens (tertiary/aromatic N) is 2. The summed E-state index contributed by atoms with van der Waals surface area (Å²) in [5.41, 5.74) is 5.83. The van der Waals surface area contributed by atoms with Crippen molar-refractivity contribution in [1.82, 2.24) is 10.1 Å². The van der Waals surface area contributed by atoms with Crippen LogP contribution in [0.2, 0.25) is 0 Å². The molecule has 1 aromatic heterocycles. The van der Waals surface area contributed by atoms with E-state index in [0.717, 1.165) is 25.7 Å². The van der Waals surface area contributed by atoms with Crippen LogP contribution in [0.4, 0.5) is 0 Å². The molecule has 5 heteroatoms. The predicted octanol–water partition coefficient (Wildman–Crippen LogP) is 1.50. The zero-order valence-corrected chi connectivity index (χ0v) is 9.19. The normalized spacial score (nSPS) is 21.8. The molecule has 1 fully saturated rings. The van der Waals surface area contributed by atoms with Gasteiger partial charge in [-0.1, -0.05) is 18.0 Å². The lowest BCUT2D eigenvalue weighted by atomic mass is 9.99. The minimum Gasteiger partial charge on any atom is -0.372 e. The van der Waals surface area contributed by atoms with Crippen molar-refractivity contribution in [3.63, 3.8) is 0 Å². The van der Waals surface area contributed by atoms with Crippen LogP contribution in [-0.4, -0.2) is 17.3 Å². The molecule has 2 rings (SSSR count). The molecule has 1 unspecified atom stereocenters. The van der Waals surface area contributed by atoms with Crippen LogP contribution < -0.4 is 5.73 Å². The van der Waals surface area contributed by atoms with Gasteiger partial charge in [-0.25, -0.2) is 0 Å². The summed E-state index contributed by atoms with van der Waals surface area (Å²) in [4.78, 5) is 4.31. The van der Waals surface area contributed by atoms with Crippen molar-refractivity contribution >= 4 is 0 Å². The Kier molecular flexibility index (Phi) is 2.75. The number of hydrogen-bond acceptors (Lipinski definition) is 5. The van der Waals surface area contributed by atoms with Crippen LogP contribution >= 0.6 is 0 Å². The first-order chi connectivity index (χ1) is 7.15. The molecule has 0 amide bonds. The molecular weight excluding hydrogens is 194 g/mol. The van der Waals surface area contributed by atoms with Crippen LogP contribution in [0.5, 0.6) is 0 Å². The van der Waals surface area contributed by atoms with Gasteiger partial charge in [0.15, 0.2) is 5.82 Å². The van der Waals surface area contributed by atoms with Crippen molar-refractivity contribution in [3.05, 3.63) is 11.7 Å². The van der Waals surface area contributed by atoms with E-state index in [2.05, 4.69) is 10.1 Å². The Balaban J connectivity index is 2.19. The first kappa shape index (κ1) is 10.6. The van der Waals surface area contributed by atoms with Gasteiger partial charge >= 0.3 is 0 Å². The predicted molar refractivity (Wildman–Crippen MR) is 54.1 cm³/mol. The van der Waals surface area contributed by atoms with Gasteiger partial charge in [-0.2, -0.15) is 4.98 Å². The van der Waals surface area contributed by atoms with E-state index in [0.29, 0.717) is 11.7 Å². The van der Waals surface area contributed by atoms with Crippen LogP contribution in [-0.2, 0) is 10.3 Å². The smallest absolute Gasteiger partial charge is 0.255 e. The highest BCUT2D eigenvalue weighted by molar-refractivity contribution is 5.06. The van der Waals surface area contributed by atoms with Crippen molar-refractivity contribution in [2.45, 2.75) is 44.2 Å². The zero-order valence-electron chi connectivity index (χ0n) is 9.19. The molecule has 1 aromatic rings. The van der Waals surface area contributed by atoms with E-state index in [1.54, 1.807) is 7.11 Å². The van der Waals surface area contributed by atoms with E-state index < -0.39 is 0 Å². The van der Waals surface area contributed by atoms with Crippen LogP contribution in [0.25, 0.3) is 0 Å². The molecule has 15 heavy (non-hydrogen) atoms. The van der Waals surface area contributed by atoms with Crippen LogP contribution in [0, 0.1) is 0 Å². The van der Waals surface area contributed by atoms with Crippen molar-refractivity contribution in [2.75, 3.05) is 7.11 Å². The second-order valence-corrected chi connectivity index (χ2v) is 4.20. The Morgan fingerprint density at radius 2 is 2.13 bits per heavy atom. The van der Waals surface area contributed by atoms with Gasteiger partial charge in [0.2, 0.25) is 0 Å². The van der Waals surface area contributed by atoms with Crippen molar-refractivity contribution in [1.29, 1.82) is 0 Å². The molecule has 1 aliphatic rings. The minimum atomic E-state index is -0.380. The molecule has 1 atom stereocenters. The molecule has 0 saturated heterocycles. The molecule has 0 aromatic carbocycles.